The minimum absolute atomic E-state index is 0.0711. The van der Waals surface area contributed by atoms with Gasteiger partial charge in [0.15, 0.2) is 5.78 Å². The first-order valence-corrected chi connectivity index (χ1v) is 7.96. The van der Waals surface area contributed by atoms with Gasteiger partial charge in [-0.05, 0) is 49.5 Å². The summed E-state index contributed by atoms with van der Waals surface area (Å²) in [6.07, 6.45) is 6.46. The Morgan fingerprint density at radius 2 is 1.87 bits per heavy atom. The van der Waals surface area contributed by atoms with Crippen molar-refractivity contribution in [3.8, 4) is 0 Å². The van der Waals surface area contributed by atoms with Gasteiger partial charge in [0.05, 0.1) is 5.52 Å². The lowest BCUT2D eigenvalue weighted by atomic mass is 9.87. The van der Waals surface area contributed by atoms with Crippen molar-refractivity contribution in [2.24, 2.45) is 0 Å². The number of allylic oxidation sites excluding steroid dienone is 1. The number of ketones is 1. The van der Waals surface area contributed by atoms with Gasteiger partial charge in [-0.2, -0.15) is 0 Å². The van der Waals surface area contributed by atoms with Crippen LogP contribution in [0.1, 0.15) is 31.2 Å². The highest BCUT2D eigenvalue weighted by atomic mass is 16.2. The molecule has 0 radical (unpaired) electrons. The molecule has 4 nitrogen and oxygen atoms in total. The zero-order valence-corrected chi connectivity index (χ0v) is 13.2. The van der Waals surface area contributed by atoms with Crippen LogP contribution in [0.15, 0.2) is 48.7 Å². The summed E-state index contributed by atoms with van der Waals surface area (Å²) in [6, 6.07) is 10.3. The highest BCUT2D eigenvalue weighted by Gasteiger charge is 2.23. The number of amides is 1. The van der Waals surface area contributed by atoms with Crippen molar-refractivity contribution in [1.82, 2.24) is 9.88 Å². The number of hydrogen-bond acceptors (Lipinski definition) is 3. The number of fused-ring (bicyclic) bond motifs is 1. The van der Waals surface area contributed by atoms with Gasteiger partial charge in [0.25, 0.3) is 0 Å². The van der Waals surface area contributed by atoms with Crippen molar-refractivity contribution in [1.29, 1.82) is 0 Å². The first kappa shape index (κ1) is 15.4. The van der Waals surface area contributed by atoms with Crippen LogP contribution in [0.3, 0.4) is 0 Å². The van der Waals surface area contributed by atoms with E-state index < -0.39 is 0 Å². The van der Waals surface area contributed by atoms with Crippen LogP contribution in [0.5, 0.6) is 0 Å². The lowest BCUT2D eigenvalue weighted by molar-refractivity contribution is -0.127. The molecule has 0 unspecified atom stereocenters. The van der Waals surface area contributed by atoms with Crippen molar-refractivity contribution in [2.45, 2.75) is 25.7 Å². The fourth-order valence-corrected chi connectivity index (χ4v) is 3.18. The Labute approximate surface area is 135 Å². The molecule has 23 heavy (non-hydrogen) atoms. The molecule has 1 saturated heterocycles. The second-order valence-corrected chi connectivity index (χ2v) is 5.96. The van der Waals surface area contributed by atoms with E-state index in [2.05, 4.69) is 17.1 Å². The average molecular weight is 308 g/mol. The van der Waals surface area contributed by atoms with Crippen molar-refractivity contribution in [3.05, 3.63) is 54.2 Å². The molecule has 1 fully saturated rings. The van der Waals surface area contributed by atoms with Crippen molar-refractivity contribution in [2.75, 3.05) is 13.1 Å². The molecular weight excluding hydrogens is 288 g/mol. The van der Waals surface area contributed by atoms with E-state index in [1.807, 2.05) is 29.3 Å². The maximum absolute atomic E-state index is 12.0. The van der Waals surface area contributed by atoms with Gasteiger partial charge in [-0.25, -0.2) is 0 Å². The monoisotopic (exact) mass is 308 g/mol. The summed E-state index contributed by atoms with van der Waals surface area (Å²) in [5.41, 5.74) is 2.34. The molecule has 0 bridgehead atoms. The molecule has 0 atom stereocenters. The highest BCUT2D eigenvalue weighted by molar-refractivity contribution is 5.96. The molecule has 2 heterocycles. The lowest BCUT2D eigenvalue weighted by Crippen LogP contribution is -2.37. The second kappa shape index (κ2) is 6.73. The molecule has 1 aliphatic heterocycles. The highest BCUT2D eigenvalue weighted by Crippen LogP contribution is 2.32. The molecule has 1 aromatic heterocycles. The van der Waals surface area contributed by atoms with Gasteiger partial charge >= 0.3 is 0 Å². The summed E-state index contributed by atoms with van der Waals surface area (Å²) >= 11 is 0. The van der Waals surface area contributed by atoms with Gasteiger partial charge in [-0.3, -0.25) is 14.6 Å². The van der Waals surface area contributed by atoms with Crippen LogP contribution in [-0.2, 0) is 9.59 Å². The van der Waals surface area contributed by atoms with E-state index >= 15 is 0 Å². The van der Waals surface area contributed by atoms with Crippen LogP contribution in [0, 0.1) is 0 Å². The Balaban J connectivity index is 1.71. The van der Waals surface area contributed by atoms with Gasteiger partial charge in [0.1, 0.15) is 0 Å². The van der Waals surface area contributed by atoms with E-state index in [1.165, 1.54) is 30.0 Å². The van der Waals surface area contributed by atoms with E-state index in [0.29, 0.717) is 5.92 Å². The van der Waals surface area contributed by atoms with E-state index in [9.17, 15) is 9.59 Å². The summed E-state index contributed by atoms with van der Waals surface area (Å²) in [4.78, 5) is 29.2. The number of likely N-dealkylation sites (tertiary alicyclic amines) is 1. The van der Waals surface area contributed by atoms with E-state index in [4.69, 9.17) is 0 Å². The van der Waals surface area contributed by atoms with Crippen molar-refractivity contribution >= 4 is 22.6 Å². The molecule has 1 aliphatic rings. The maximum atomic E-state index is 12.0. The normalized spacial score (nSPS) is 16.1. The Bertz CT molecular complexity index is 754. The number of nitrogens with zero attached hydrogens (tertiary/aromatic N) is 2. The third-order valence-corrected chi connectivity index (χ3v) is 4.39. The molecule has 1 amide bonds. The first-order chi connectivity index (χ1) is 11.1. The molecule has 3 rings (SSSR count). The topological polar surface area (TPSA) is 50.3 Å². The summed E-state index contributed by atoms with van der Waals surface area (Å²) in [6.45, 7) is 2.90. The van der Waals surface area contributed by atoms with E-state index in [-0.39, 0.29) is 11.7 Å². The minimum Gasteiger partial charge on any atom is -0.339 e. The SMILES string of the molecule is CC(=O)C=CC(=O)N1CCC(c2ccnc3ccccc23)CC1. The van der Waals surface area contributed by atoms with Crippen LogP contribution in [0.2, 0.25) is 0 Å². The largest absolute Gasteiger partial charge is 0.339 e. The number of carbonyl (C=O) groups is 2. The molecule has 0 spiro atoms. The molecule has 1 aromatic carbocycles. The fourth-order valence-electron chi connectivity index (χ4n) is 3.18. The van der Waals surface area contributed by atoms with Crippen LogP contribution >= 0.6 is 0 Å². The fraction of sp³-hybridized carbons (Fsp3) is 0.316. The molecule has 118 valence electrons. The molecule has 0 aliphatic carbocycles. The third kappa shape index (κ3) is 3.47. The Morgan fingerprint density at radius 1 is 1.13 bits per heavy atom. The molecule has 0 N–H and O–H groups in total. The number of pyridine rings is 1. The number of benzene rings is 1. The summed E-state index contributed by atoms with van der Waals surface area (Å²) in [5, 5.41) is 1.20. The van der Waals surface area contributed by atoms with Crippen LogP contribution in [0.4, 0.5) is 0 Å². The average Bonchev–Trinajstić information content (AvgIpc) is 2.59. The van der Waals surface area contributed by atoms with Gasteiger partial charge < -0.3 is 4.90 Å². The standard InChI is InChI=1S/C19H20N2O2/c1-14(22)6-7-19(23)21-12-9-15(10-13-21)16-8-11-20-18-5-3-2-4-17(16)18/h2-8,11,15H,9-10,12-13H2,1H3. The molecule has 2 aromatic rings. The van der Waals surface area contributed by atoms with Gasteiger partial charge in [-0.1, -0.05) is 18.2 Å². The number of aromatic nitrogens is 1. The second-order valence-electron chi connectivity index (χ2n) is 5.96. The van der Waals surface area contributed by atoms with E-state index in [0.717, 1.165) is 31.4 Å². The number of carbonyl (C=O) groups excluding carboxylic acids is 2. The minimum atomic E-state index is -0.100. The predicted molar refractivity (Wildman–Crippen MR) is 90.1 cm³/mol. The van der Waals surface area contributed by atoms with Crippen LogP contribution in [0.25, 0.3) is 10.9 Å². The van der Waals surface area contributed by atoms with Gasteiger partial charge in [0.2, 0.25) is 5.91 Å². The Kier molecular flexibility index (Phi) is 4.51. The molecule has 0 saturated carbocycles. The van der Waals surface area contributed by atoms with Crippen LogP contribution in [-0.4, -0.2) is 34.7 Å². The molecule has 4 heteroatoms. The Hall–Kier alpha value is -2.49. The van der Waals surface area contributed by atoms with E-state index in [1.54, 1.807) is 0 Å². The van der Waals surface area contributed by atoms with Gasteiger partial charge in [0, 0.05) is 30.7 Å². The lowest BCUT2D eigenvalue weighted by Gasteiger charge is -2.32. The Morgan fingerprint density at radius 3 is 2.61 bits per heavy atom. The number of hydrogen-bond donors (Lipinski definition) is 0. The number of piperidine rings is 1. The summed E-state index contributed by atoms with van der Waals surface area (Å²) in [5.74, 6) is 0.276. The van der Waals surface area contributed by atoms with Crippen LogP contribution < -0.4 is 0 Å². The summed E-state index contributed by atoms with van der Waals surface area (Å²) < 4.78 is 0. The van der Waals surface area contributed by atoms with Gasteiger partial charge in [-0.15, -0.1) is 0 Å². The number of rotatable bonds is 3. The molecular formula is C19H20N2O2. The van der Waals surface area contributed by atoms with Crippen molar-refractivity contribution in [3.63, 3.8) is 0 Å². The zero-order chi connectivity index (χ0) is 16.2. The maximum Gasteiger partial charge on any atom is 0.246 e. The van der Waals surface area contributed by atoms with Crippen molar-refractivity contribution < 1.29 is 9.59 Å². The summed E-state index contributed by atoms with van der Waals surface area (Å²) in [7, 11) is 0. The third-order valence-electron chi connectivity index (χ3n) is 4.39. The quantitative estimate of drug-likeness (QED) is 0.819. The smallest absolute Gasteiger partial charge is 0.246 e. The first-order valence-electron chi connectivity index (χ1n) is 7.96. The number of para-hydroxylation sites is 1. The zero-order valence-electron chi connectivity index (χ0n) is 13.2. The predicted octanol–water partition coefficient (Wildman–Crippen LogP) is 3.09.